The number of benzene rings is 2. The molecule has 2 N–H and O–H groups in total. The van der Waals surface area contributed by atoms with E-state index >= 15 is 0 Å². The largest absolute Gasteiger partial charge is 0.497 e. The summed E-state index contributed by atoms with van der Waals surface area (Å²) < 4.78 is 5.13. The quantitative estimate of drug-likeness (QED) is 0.737. The summed E-state index contributed by atoms with van der Waals surface area (Å²) >= 11 is 0. The second-order valence-corrected chi connectivity index (χ2v) is 5.37. The minimum Gasteiger partial charge on any atom is -0.497 e. The van der Waals surface area contributed by atoms with Crippen molar-refractivity contribution in [2.24, 2.45) is 0 Å². The third-order valence-electron chi connectivity index (χ3n) is 3.68. The van der Waals surface area contributed by atoms with Gasteiger partial charge >= 0.3 is 0 Å². The van der Waals surface area contributed by atoms with Gasteiger partial charge in [0.15, 0.2) is 0 Å². The Labute approximate surface area is 137 Å². The lowest BCUT2D eigenvalue weighted by molar-refractivity contribution is -0.115. The third kappa shape index (κ3) is 5.75. The van der Waals surface area contributed by atoms with Crippen LogP contribution >= 0.6 is 0 Å². The van der Waals surface area contributed by atoms with Gasteiger partial charge in [0.05, 0.1) is 13.7 Å². The molecule has 0 aromatic heterocycles. The zero-order chi connectivity index (χ0) is 16.5. The van der Waals surface area contributed by atoms with E-state index in [0.29, 0.717) is 6.54 Å². The second kappa shape index (κ2) is 8.96. The summed E-state index contributed by atoms with van der Waals surface area (Å²) in [7, 11) is 1.66. The van der Waals surface area contributed by atoms with Crippen LogP contribution in [0, 0.1) is 0 Å². The third-order valence-corrected chi connectivity index (χ3v) is 3.68. The molecule has 0 radical (unpaired) electrons. The van der Waals surface area contributed by atoms with Crippen molar-refractivity contribution in [1.29, 1.82) is 0 Å². The number of hydrogen-bond donors (Lipinski definition) is 2. The van der Waals surface area contributed by atoms with E-state index in [9.17, 15) is 4.79 Å². The normalized spacial score (nSPS) is 10.3. The summed E-state index contributed by atoms with van der Waals surface area (Å²) in [6.45, 7) is 3.18. The van der Waals surface area contributed by atoms with Crippen LogP contribution < -0.4 is 15.4 Å². The summed E-state index contributed by atoms with van der Waals surface area (Å²) in [5, 5.41) is 6.05. The number of hydrogen-bond acceptors (Lipinski definition) is 3. The van der Waals surface area contributed by atoms with E-state index in [2.05, 4.69) is 17.6 Å². The Balaban J connectivity index is 1.67. The minimum atomic E-state index is -0.0241. The first-order valence-electron chi connectivity index (χ1n) is 7.93. The van der Waals surface area contributed by atoms with Crippen LogP contribution in [0.25, 0.3) is 0 Å². The van der Waals surface area contributed by atoms with Crippen LogP contribution in [0.3, 0.4) is 0 Å². The summed E-state index contributed by atoms with van der Waals surface area (Å²) in [6, 6.07) is 15.9. The molecule has 0 saturated carbocycles. The molecule has 0 unspecified atom stereocenters. The van der Waals surface area contributed by atoms with Crippen LogP contribution in [-0.4, -0.2) is 26.1 Å². The number of methoxy groups -OCH3 is 1. The molecule has 0 aliphatic carbocycles. The lowest BCUT2D eigenvalue weighted by atomic mass is 10.1. The molecular weight excluding hydrogens is 288 g/mol. The molecule has 0 saturated heterocycles. The van der Waals surface area contributed by atoms with E-state index in [1.807, 2.05) is 48.5 Å². The SMILES string of the molecule is CCc1ccc(NC(=O)CNCCc2ccc(OC)cc2)cc1. The van der Waals surface area contributed by atoms with Crippen molar-refractivity contribution in [3.05, 3.63) is 59.7 Å². The first-order chi connectivity index (χ1) is 11.2. The molecule has 0 fully saturated rings. The highest BCUT2D eigenvalue weighted by Crippen LogP contribution is 2.11. The molecule has 0 aliphatic heterocycles. The van der Waals surface area contributed by atoms with Crippen molar-refractivity contribution in [2.45, 2.75) is 19.8 Å². The van der Waals surface area contributed by atoms with Crippen LogP contribution in [0.1, 0.15) is 18.1 Å². The highest BCUT2D eigenvalue weighted by atomic mass is 16.5. The van der Waals surface area contributed by atoms with Crippen LogP contribution in [0.4, 0.5) is 5.69 Å². The fourth-order valence-corrected chi connectivity index (χ4v) is 2.26. The van der Waals surface area contributed by atoms with Crippen molar-refractivity contribution in [3.8, 4) is 5.75 Å². The molecule has 2 aromatic rings. The van der Waals surface area contributed by atoms with Gasteiger partial charge in [-0.3, -0.25) is 4.79 Å². The Bertz CT molecular complexity index is 606. The van der Waals surface area contributed by atoms with E-state index in [-0.39, 0.29) is 5.91 Å². The maximum Gasteiger partial charge on any atom is 0.238 e. The van der Waals surface area contributed by atoms with E-state index in [0.717, 1.165) is 30.8 Å². The zero-order valence-electron chi connectivity index (χ0n) is 13.8. The Hall–Kier alpha value is -2.33. The molecule has 4 nitrogen and oxygen atoms in total. The van der Waals surface area contributed by atoms with Crippen LogP contribution in [0.15, 0.2) is 48.5 Å². The number of ether oxygens (including phenoxy) is 1. The van der Waals surface area contributed by atoms with Gasteiger partial charge in [-0.1, -0.05) is 31.2 Å². The molecule has 0 heterocycles. The molecule has 4 heteroatoms. The minimum absolute atomic E-state index is 0.0241. The molecule has 23 heavy (non-hydrogen) atoms. The standard InChI is InChI=1S/C19H24N2O2/c1-3-15-4-8-17(9-5-15)21-19(22)14-20-13-12-16-6-10-18(23-2)11-7-16/h4-11,20H,3,12-14H2,1-2H3,(H,21,22). The summed E-state index contributed by atoms with van der Waals surface area (Å²) in [6.07, 6.45) is 1.88. The smallest absolute Gasteiger partial charge is 0.238 e. The van der Waals surface area contributed by atoms with Gasteiger partial charge in [-0.25, -0.2) is 0 Å². The number of rotatable bonds is 8. The van der Waals surface area contributed by atoms with Gasteiger partial charge in [0.25, 0.3) is 0 Å². The first-order valence-corrected chi connectivity index (χ1v) is 7.93. The molecule has 0 aliphatic rings. The predicted molar refractivity (Wildman–Crippen MR) is 94.0 cm³/mol. The Kier molecular flexibility index (Phi) is 6.63. The van der Waals surface area contributed by atoms with Crippen LogP contribution in [-0.2, 0) is 17.6 Å². The van der Waals surface area contributed by atoms with Gasteiger partial charge in [0, 0.05) is 5.69 Å². The van der Waals surface area contributed by atoms with Crippen molar-refractivity contribution in [3.63, 3.8) is 0 Å². The van der Waals surface area contributed by atoms with Crippen molar-refractivity contribution >= 4 is 11.6 Å². The molecule has 0 bridgehead atoms. The van der Waals surface area contributed by atoms with Gasteiger partial charge in [-0.2, -0.15) is 0 Å². The molecule has 0 spiro atoms. The fourth-order valence-electron chi connectivity index (χ4n) is 2.26. The highest BCUT2D eigenvalue weighted by Gasteiger charge is 2.02. The predicted octanol–water partition coefficient (Wildman–Crippen LogP) is 3.03. The Morgan fingerprint density at radius 3 is 2.26 bits per heavy atom. The summed E-state index contributed by atoms with van der Waals surface area (Å²) in [5.41, 5.74) is 3.32. The average Bonchev–Trinajstić information content (AvgIpc) is 2.60. The fraction of sp³-hybridized carbons (Fsp3) is 0.316. The van der Waals surface area contributed by atoms with Gasteiger partial charge in [0.2, 0.25) is 5.91 Å². The van der Waals surface area contributed by atoms with E-state index in [1.165, 1.54) is 11.1 Å². The lowest BCUT2D eigenvalue weighted by Crippen LogP contribution is -2.29. The monoisotopic (exact) mass is 312 g/mol. The number of aryl methyl sites for hydroxylation is 1. The molecule has 2 aromatic carbocycles. The topological polar surface area (TPSA) is 50.4 Å². The van der Waals surface area contributed by atoms with E-state index < -0.39 is 0 Å². The first kappa shape index (κ1) is 17.0. The number of carbonyl (C=O) groups is 1. The average molecular weight is 312 g/mol. The van der Waals surface area contributed by atoms with Crippen molar-refractivity contribution < 1.29 is 9.53 Å². The van der Waals surface area contributed by atoms with E-state index in [1.54, 1.807) is 7.11 Å². The highest BCUT2D eigenvalue weighted by molar-refractivity contribution is 5.92. The maximum absolute atomic E-state index is 11.9. The summed E-state index contributed by atoms with van der Waals surface area (Å²) in [5.74, 6) is 0.833. The second-order valence-electron chi connectivity index (χ2n) is 5.37. The van der Waals surface area contributed by atoms with Crippen molar-refractivity contribution in [2.75, 3.05) is 25.5 Å². The van der Waals surface area contributed by atoms with E-state index in [4.69, 9.17) is 4.74 Å². The molecule has 1 amide bonds. The summed E-state index contributed by atoms with van der Waals surface area (Å²) in [4.78, 5) is 11.9. The van der Waals surface area contributed by atoms with Crippen LogP contribution in [0.5, 0.6) is 5.75 Å². The Morgan fingerprint density at radius 1 is 1.00 bits per heavy atom. The van der Waals surface area contributed by atoms with Gasteiger partial charge in [-0.15, -0.1) is 0 Å². The maximum atomic E-state index is 11.9. The molecule has 2 rings (SSSR count). The van der Waals surface area contributed by atoms with Crippen LogP contribution in [0.2, 0.25) is 0 Å². The molecule has 0 atom stereocenters. The van der Waals surface area contributed by atoms with Gasteiger partial charge in [-0.05, 0) is 54.8 Å². The van der Waals surface area contributed by atoms with Gasteiger partial charge in [0.1, 0.15) is 5.75 Å². The number of anilines is 1. The zero-order valence-corrected chi connectivity index (χ0v) is 13.8. The Morgan fingerprint density at radius 2 is 1.65 bits per heavy atom. The molecular formula is C19H24N2O2. The van der Waals surface area contributed by atoms with Crippen molar-refractivity contribution in [1.82, 2.24) is 5.32 Å². The number of amides is 1. The number of carbonyl (C=O) groups excluding carboxylic acids is 1. The number of nitrogens with one attached hydrogen (secondary N) is 2. The lowest BCUT2D eigenvalue weighted by Gasteiger charge is -2.08. The molecule has 122 valence electrons. The van der Waals surface area contributed by atoms with Gasteiger partial charge < -0.3 is 15.4 Å².